The minimum atomic E-state index is -1.39. The van der Waals surface area contributed by atoms with E-state index < -0.39 is 12.0 Å². The summed E-state index contributed by atoms with van der Waals surface area (Å²) in [7, 11) is 0. The molecular formula is C4H5N3O2. The fraction of sp³-hybridized carbons (Fsp3) is 0.250. The molecule has 0 saturated heterocycles. The summed E-state index contributed by atoms with van der Waals surface area (Å²) in [5.41, 5.74) is 0. The molecule has 0 spiro atoms. The van der Waals surface area contributed by atoms with Crippen molar-refractivity contribution in [1.29, 1.82) is 5.41 Å². The Labute approximate surface area is 50.9 Å². The van der Waals surface area contributed by atoms with E-state index in [0.717, 1.165) is 6.34 Å². The second-order valence-corrected chi connectivity index (χ2v) is 1.55. The molecule has 1 heterocycles. The lowest BCUT2D eigenvalue weighted by molar-refractivity contribution is -0.124. The van der Waals surface area contributed by atoms with Gasteiger partial charge in [0.15, 0.2) is 11.9 Å². The van der Waals surface area contributed by atoms with Crippen molar-refractivity contribution in [3.63, 3.8) is 0 Å². The standard InChI is InChI=1S/C4H5N3O2/c5-3-2(8)4(9)7-1-6-3/h1-2,8H,(H2,5,6,7,9). The van der Waals surface area contributed by atoms with Gasteiger partial charge in [-0.15, -0.1) is 0 Å². The SMILES string of the molecule is N=C1N=CNC(=O)C1O. The van der Waals surface area contributed by atoms with E-state index in [-0.39, 0.29) is 5.84 Å². The van der Waals surface area contributed by atoms with Gasteiger partial charge in [0.2, 0.25) is 0 Å². The van der Waals surface area contributed by atoms with E-state index in [9.17, 15) is 4.79 Å². The number of rotatable bonds is 0. The van der Waals surface area contributed by atoms with E-state index in [1.807, 2.05) is 0 Å². The van der Waals surface area contributed by atoms with Crippen LogP contribution in [0.5, 0.6) is 0 Å². The number of amides is 1. The van der Waals surface area contributed by atoms with Crippen LogP contribution in [0.3, 0.4) is 0 Å². The van der Waals surface area contributed by atoms with Gasteiger partial charge in [0.1, 0.15) is 0 Å². The summed E-state index contributed by atoms with van der Waals surface area (Å²) in [6, 6.07) is 0. The maximum atomic E-state index is 10.4. The topological polar surface area (TPSA) is 85.5 Å². The Morgan fingerprint density at radius 3 is 3.00 bits per heavy atom. The second-order valence-electron chi connectivity index (χ2n) is 1.55. The highest BCUT2D eigenvalue weighted by Crippen LogP contribution is 1.90. The number of carbonyl (C=O) groups is 1. The molecular weight excluding hydrogens is 122 g/mol. The second kappa shape index (κ2) is 1.94. The van der Waals surface area contributed by atoms with Gasteiger partial charge >= 0.3 is 0 Å². The van der Waals surface area contributed by atoms with Crippen LogP contribution in [0.1, 0.15) is 0 Å². The molecule has 0 aromatic carbocycles. The summed E-state index contributed by atoms with van der Waals surface area (Å²) in [5.74, 6) is -0.922. The van der Waals surface area contributed by atoms with Crippen molar-refractivity contribution in [3.8, 4) is 0 Å². The minimum Gasteiger partial charge on any atom is -0.376 e. The van der Waals surface area contributed by atoms with Crippen molar-refractivity contribution in [3.05, 3.63) is 0 Å². The molecule has 1 aliphatic rings. The number of aliphatic imine (C=N–C) groups is 1. The van der Waals surface area contributed by atoms with Crippen LogP contribution in [0.4, 0.5) is 0 Å². The van der Waals surface area contributed by atoms with Gasteiger partial charge in [-0.1, -0.05) is 0 Å². The molecule has 3 N–H and O–H groups in total. The van der Waals surface area contributed by atoms with Crippen LogP contribution >= 0.6 is 0 Å². The Kier molecular flexibility index (Phi) is 1.27. The lowest BCUT2D eigenvalue weighted by Gasteiger charge is -2.10. The molecule has 1 aliphatic heterocycles. The molecule has 48 valence electrons. The molecule has 9 heavy (non-hydrogen) atoms. The van der Waals surface area contributed by atoms with Gasteiger partial charge in [-0.25, -0.2) is 4.99 Å². The van der Waals surface area contributed by atoms with Crippen molar-refractivity contribution < 1.29 is 9.90 Å². The van der Waals surface area contributed by atoms with Crippen molar-refractivity contribution in [2.45, 2.75) is 6.10 Å². The van der Waals surface area contributed by atoms with Gasteiger partial charge in [0.05, 0.1) is 6.34 Å². The molecule has 1 rings (SSSR count). The lowest BCUT2D eigenvalue weighted by Crippen LogP contribution is -2.42. The average molecular weight is 127 g/mol. The van der Waals surface area contributed by atoms with Crippen LogP contribution in [0.25, 0.3) is 0 Å². The number of hydrogen-bond acceptors (Lipinski definition) is 3. The molecule has 0 bridgehead atoms. The molecule has 0 radical (unpaired) electrons. The predicted molar refractivity (Wildman–Crippen MR) is 30.4 cm³/mol. The third kappa shape index (κ3) is 0.945. The zero-order valence-electron chi connectivity index (χ0n) is 4.46. The van der Waals surface area contributed by atoms with E-state index >= 15 is 0 Å². The van der Waals surface area contributed by atoms with Crippen LogP contribution in [0.15, 0.2) is 4.99 Å². The normalized spacial score (nSPS) is 26.1. The summed E-state index contributed by atoms with van der Waals surface area (Å²) in [4.78, 5) is 13.7. The molecule has 0 fully saturated rings. The third-order valence-corrected chi connectivity index (χ3v) is 0.918. The fourth-order valence-corrected chi connectivity index (χ4v) is 0.439. The molecule has 0 aliphatic carbocycles. The first-order valence-electron chi connectivity index (χ1n) is 2.31. The highest BCUT2D eigenvalue weighted by Gasteiger charge is 2.21. The highest BCUT2D eigenvalue weighted by atomic mass is 16.3. The Morgan fingerprint density at radius 1 is 1.89 bits per heavy atom. The summed E-state index contributed by atoms with van der Waals surface area (Å²) in [6.45, 7) is 0. The number of aliphatic hydroxyl groups excluding tert-OH is 1. The van der Waals surface area contributed by atoms with Gasteiger partial charge < -0.3 is 10.4 Å². The first-order valence-corrected chi connectivity index (χ1v) is 2.31. The van der Waals surface area contributed by atoms with Gasteiger partial charge in [-0.3, -0.25) is 10.2 Å². The Hall–Kier alpha value is -1.23. The molecule has 1 unspecified atom stereocenters. The highest BCUT2D eigenvalue weighted by molar-refractivity contribution is 6.13. The van der Waals surface area contributed by atoms with E-state index in [1.165, 1.54) is 0 Å². The third-order valence-electron chi connectivity index (χ3n) is 0.918. The van der Waals surface area contributed by atoms with Gasteiger partial charge in [0.25, 0.3) is 5.91 Å². The molecule has 0 aromatic heterocycles. The van der Waals surface area contributed by atoms with Crippen molar-refractivity contribution in [2.24, 2.45) is 4.99 Å². The first kappa shape index (κ1) is 5.90. The monoisotopic (exact) mass is 127 g/mol. The van der Waals surface area contributed by atoms with E-state index in [2.05, 4.69) is 10.3 Å². The Morgan fingerprint density at radius 2 is 2.56 bits per heavy atom. The van der Waals surface area contributed by atoms with Gasteiger partial charge in [-0.2, -0.15) is 0 Å². The van der Waals surface area contributed by atoms with E-state index in [1.54, 1.807) is 0 Å². The van der Waals surface area contributed by atoms with Crippen LogP contribution in [-0.2, 0) is 4.79 Å². The summed E-state index contributed by atoms with van der Waals surface area (Å²) in [5, 5.41) is 17.7. The van der Waals surface area contributed by atoms with E-state index in [0.29, 0.717) is 0 Å². The van der Waals surface area contributed by atoms with Gasteiger partial charge in [0, 0.05) is 0 Å². The predicted octanol–water partition coefficient (Wildman–Crippen LogP) is -1.52. The largest absolute Gasteiger partial charge is 0.376 e. The van der Waals surface area contributed by atoms with Crippen molar-refractivity contribution in [2.75, 3.05) is 0 Å². The zero-order chi connectivity index (χ0) is 6.85. The number of amidine groups is 1. The van der Waals surface area contributed by atoms with E-state index in [4.69, 9.17) is 10.5 Å². The molecule has 5 nitrogen and oxygen atoms in total. The Bertz CT molecular complexity index is 186. The van der Waals surface area contributed by atoms with Crippen LogP contribution < -0.4 is 5.32 Å². The van der Waals surface area contributed by atoms with Crippen LogP contribution in [0.2, 0.25) is 0 Å². The fourth-order valence-electron chi connectivity index (χ4n) is 0.439. The number of hydrogen-bond donors (Lipinski definition) is 3. The lowest BCUT2D eigenvalue weighted by atomic mass is 10.3. The van der Waals surface area contributed by atoms with Crippen LogP contribution in [-0.4, -0.2) is 29.3 Å². The summed E-state index contributed by atoms with van der Waals surface area (Å²) < 4.78 is 0. The number of nitrogens with zero attached hydrogens (tertiary/aromatic N) is 1. The zero-order valence-corrected chi connectivity index (χ0v) is 4.46. The quantitative estimate of drug-likeness (QED) is 0.369. The molecule has 1 atom stereocenters. The summed E-state index contributed by atoms with van der Waals surface area (Å²) in [6.07, 6.45) is -0.313. The molecule has 0 aromatic rings. The first-order chi connectivity index (χ1) is 4.22. The van der Waals surface area contributed by atoms with Crippen molar-refractivity contribution >= 4 is 18.1 Å². The molecule has 1 amide bonds. The minimum absolute atomic E-state index is 0.321. The van der Waals surface area contributed by atoms with Crippen LogP contribution in [0, 0.1) is 5.41 Å². The number of carbonyl (C=O) groups excluding carboxylic acids is 1. The molecule has 0 saturated carbocycles. The molecule has 5 heteroatoms. The smallest absolute Gasteiger partial charge is 0.261 e. The average Bonchev–Trinajstić information content (AvgIpc) is 1.83. The summed E-state index contributed by atoms with van der Waals surface area (Å²) >= 11 is 0. The Balaban J connectivity index is 2.81. The number of nitrogens with one attached hydrogen (secondary N) is 2. The maximum Gasteiger partial charge on any atom is 0.261 e. The van der Waals surface area contributed by atoms with Gasteiger partial charge in [-0.05, 0) is 0 Å². The number of aliphatic hydroxyl groups is 1. The van der Waals surface area contributed by atoms with Crippen molar-refractivity contribution in [1.82, 2.24) is 5.32 Å². The maximum absolute atomic E-state index is 10.4.